The van der Waals surface area contributed by atoms with E-state index < -0.39 is 5.97 Å². The number of ether oxygens (including phenoxy) is 1. The van der Waals surface area contributed by atoms with Gasteiger partial charge in [0.15, 0.2) is 0 Å². The number of thiazole rings is 1. The van der Waals surface area contributed by atoms with Crippen LogP contribution in [0.3, 0.4) is 0 Å². The lowest BCUT2D eigenvalue weighted by Gasteiger charge is -2.16. The van der Waals surface area contributed by atoms with Crippen molar-refractivity contribution in [2.45, 2.75) is 18.9 Å². The van der Waals surface area contributed by atoms with Gasteiger partial charge in [-0.15, -0.1) is 11.3 Å². The summed E-state index contributed by atoms with van der Waals surface area (Å²) in [5, 5.41) is 9.71. The highest BCUT2D eigenvalue weighted by Crippen LogP contribution is 2.30. The van der Waals surface area contributed by atoms with Gasteiger partial charge in [-0.2, -0.15) is 0 Å². The van der Waals surface area contributed by atoms with Gasteiger partial charge in [-0.05, 0) is 12.0 Å². The van der Waals surface area contributed by atoms with Crippen molar-refractivity contribution in [2.75, 3.05) is 13.1 Å². The summed E-state index contributed by atoms with van der Waals surface area (Å²) in [7, 11) is 0. The topological polar surface area (TPSA) is 79.7 Å². The van der Waals surface area contributed by atoms with E-state index in [0.717, 1.165) is 17.0 Å². The van der Waals surface area contributed by atoms with E-state index in [0.29, 0.717) is 13.1 Å². The van der Waals surface area contributed by atoms with Crippen LogP contribution in [-0.2, 0) is 11.3 Å². The second-order valence-electron chi connectivity index (χ2n) is 5.34. The fourth-order valence-corrected chi connectivity index (χ4v) is 3.40. The molecule has 1 aromatic carbocycles. The van der Waals surface area contributed by atoms with Crippen LogP contribution >= 0.6 is 11.3 Å². The fraction of sp³-hybridized carbons (Fsp3) is 0.312. The number of carboxylic acid groups (broad SMARTS) is 1. The van der Waals surface area contributed by atoms with Crippen LogP contribution in [0.1, 0.15) is 32.6 Å². The predicted octanol–water partition coefficient (Wildman–Crippen LogP) is 2.97. The van der Waals surface area contributed by atoms with Crippen molar-refractivity contribution in [3.05, 3.63) is 52.0 Å². The monoisotopic (exact) mass is 332 g/mol. The zero-order valence-electron chi connectivity index (χ0n) is 12.3. The molecule has 23 heavy (non-hydrogen) atoms. The molecule has 1 N–H and O–H groups in total. The molecule has 3 rings (SSSR count). The third kappa shape index (κ3) is 3.68. The molecule has 0 bridgehead atoms. The lowest BCUT2D eigenvalue weighted by molar-refractivity contribution is 0.0701. The number of aromatic nitrogens is 1. The van der Waals surface area contributed by atoms with E-state index in [1.165, 1.54) is 17.5 Å². The van der Waals surface area contributed by atoms with Gasteiger partial charge >= 0.3 is 12.1 Å². The second kappa shape index (κ2) is 6.78. The maximum absolute atomic E-state index is 12.1. The van der Waals surface area contributed by atoms with E-state index in [4.69, 9.17) is 9.84 Å². The minimum absolute atomic E-state index is 0.0809. The number of aromatic carboxylic acids is 1. The lowest BCUT2D eigenvalue weighted by atomic mass is 10.1. The van der Waals surface area contributed by atoms with Crippen LogP contribution < -0.4 is 0 Å². The molecule has 1 unspecified atom stereocenters. The van der Waals surface area contributed by atoms with Gasteiger partial charge in [0.2, 0.25) is 0 Å². The first kappa shape index (κ1) is 15.5. The first-order valence-electron chi connectivity index (χ1n) is 7.28. The summed E-state index contributed by atoms with van der Waals surface area (Å²) in [6, 6.07) is 9.52. The van der Waals surface area contributed by atoms with Gasteiger partial charge in [-0.3, -0.25) is 0 Å². The lowest BCUT2D eigenvalue weighted by Crippen LogP contribution is -2.29. The molecule has 120 valence electrons. The molecule has 2 aromatic rings. The Labute approximate surface area is 137 Å². The van der Waals surface area contributed by atoms with Crippen LogP contribution in [0.2, 0.25) is 0 Å². The number of nitrogens with zero attached hydrogens (tertiary/aromatic N) is 2. The highest BCUT2D eigenvalue weighted by Gasteiger charge is 2.30. The number of likely N-dealkylation sites (tertiary alicyclic amines) is 1. The van der Waals surface area contributed by atoms with Gasteiger partial charge in [0, 0.05) is 19.0 Å². The number of benzene rings is 1. The van der Waals surface area contributed by atoms with Gasteiger partial charge in [0.25, 0.3) is 0 Å². The normalized spacial score (nSPS) is 17.2. The summed E-state index contributed by atoms with van der Waals surface area (Å²) in [4.78, 5) is 29.0. The molecule has 1 amide bonds. The number of rotatable bonds is 4. The minimum atomic E-state index is -0.967. The number of amides is 1. The molecule has 6 nitrogen and oxygen atoms in total. The molecule has 2 heterocycles. The fourth-order valence-electron chi connectivity index (χ4n) is 2.51. The Bertz CT molecular complexity index is 701. The van der Waals surface area contributed by atoms with Gasteiger partial charge in [-0.1, -0.05) is 30.3 Å². The maximum atomic E-state index is 12.1. The second-order valence-corrected chi connectivity index (χ2v) is 6.40. The summed E-state index contributed by atoms with van der Waals surface area (Å²) < 4.78 is 5.32. The first-order valence-corrected chi connectivity index (χ1v) is 8.10. The first-order chi connectivity index (χ1) is 11.1. The number of carbonyl (C=O) groups excluding carboxylic acids is 1. The molecule has 1 aromatic heterocycles. The Balaban J connectivity index is 1.54. The van der Waals surface area contributed by atoms with Crippen molar-refractivity contribution in [1.29, 1.82) is 0 Å². The van der Waals surface area contributed by atoms with E-state index in [2.05, 4.69) is 4.98 Å². The number of hydrogen-bond donors (Lipinski definition) is 1. The Morgan fingerprint density at radius 3 is 2.83 bits per heavy atom. The third-order valence-corrected chi connectivity index (χ3v) is 4.88. The maximum Gasteiger partial charge on any atom is 0.410 e. The molecule has 0 aliphatic carbocycles. The molecule has 1 aliphatic rings. The molecule has 1 fully saturated rings. The van der Waals surface area contributed by atoms with E-state index in [-0.39, 0.29) is 23.5 Å². The molecular weight excluding hydrogens is 316 g/mol. The predicted molar refractivity (Wildman–Crippen MR) is 84.6 cm³/mol. The van der Waals surface area contributed by atoms with Gasteiger partial charge in [0.1, 0.15) is 11.5 Å². The Kier molecular flexibility index (Phi) is 4.57. The minimum Gasteiger partial charge on any atom is -0.477 e. The number of carbonyl (C=O) groups is 2. The average molecular weight is 332 g/mol. The Morgan fingerprint density at radius 1 is 1.35 bits per heavy atom. The van der Waals surface area contributed by atoms with E-state index in [1.807, 2.05) is 30.3 Å². The van der Waals surface area contributed by atoms with Crippen LogP contribution in [0.5, 0.6) is 0 Å². The smallest absolute Gasteiger partial charge is 0.410 e. The summed E-state index contributed by atoms with van der Waals surface area (Å²) in [6.45, 7) is 1.36. The molecule has 1 aliphatic heterocycles. The molecule has 7 heteroatoms. The Hall–Kier alpha value is -2.41. The van der Waals surface area contributed by atoms with E-state index >= 15 is 0 Å². The highest BCUT2D eigenvalue weighted by molar-refractivity contribution is 7.13. The van der Waals surface area contributed by atoms with Crippen LogP contribution in [0, 0.1) is 0 Å². The Morgan fingerprint density at radius 2 is 2.13 bits per heavy atom. The zero-order valence-corrected chi connectivity index (χ0v) is 13.2. The molecule has 0 radical (unpaired) electrons. The molecular formula is C16H16N2O4S. The molecule has 1 saturated heterocycles. The summed E-state index contributed by atoms with van der Waals surface area (Å²) in [6.07, 6.45) is 1.80. The standard InChI is InChI=1S/C16H16N2O4S/c19-15(20)13-8-17-14(23-13)12-6-7-18(9-12)16(21)22-10-11-4-2-1-3-5-11/h1-5,8,12H,6-7,9-10H2,(H,19,20). The van der Waals surface area contributed by atoms with Crippen LogP contribution in [0.25, 0.3) is 0 Å². The highest BCUT2D eigenvalue weighted by atomic mass is 32.1. The average Bonchev–Trinajstić information content (AvgIpc) is 3.22. The molecule has 0 spiro atoms. The van der Waals surface area contributed by atoms with Crippen molar-refractivity contribution in [1.82, 2.24) is 9.88 Å². The largest absolute Gasteiger partial charge is 0.477 e. The molecule has 1 atom stereocenters. The SMILES string of the molecule is O=C(O)c1cnc(C2CCN(C(=O)OCc3ccccc3)C2)s1. The van der Waals surface area contributed by atoms with E-state index in [9.17, 15) is 9.59 Å². The van der Waals surface area contributed by atoms with Gasteiger partial charge in [-0.25, -0.2) is 14.6 Å². The van der Waals surface area contributed by atoms with Crippen molar-refractivity contribution >= 4 is 23.4 Å². The van der Waals surface area contributed by atoms with Crippen molar-refractivity contribution in [3.8, 4) is 0 Å². The summed E-state index contributed by atoms with van der Waals surface area (Å²) in [5.74, 6) is -0.886. The quantitative estimate of drug-likeness (QED) is 0.931. The zero-order chi connectivity index (χ0) is 16.2. The van der Waals surface area contributed by atoms with E-state index in [1.54, 1.807) is 4.90 Å². The van der Waals surface area contributed by atoms with Gasteiger partial charge < -0.3 is 14.7 Å². The van der Waals surface area contributed by atoms with Crippen molar-refractivity contribution in [2.24, 2.45) is 0 Å². The molecule has 0 saturated carbocycles. The van der Waals surface area contributed by atoms with Crippen molar-refractivity contribution < 1.29 is 19.4 Å². The third-order valence-electron chi connectivity index (χ3n) is 3.74. The number of carboxylic acids is 1. The van der Waals surface area contributed by atoms with Crippen molar-refractivity contribution in [3.63, 3.8) is 0 Å². The van der Waals surface area contributed by atoms with Crippen LogP contribution in [0.4, 0.5) is 4.79 Å². The summed E-state index contributed by atoms with van der Waals surface area (Å²) >= 11 is 1.17. The van der Waals surface area contributed by atoms with Gasteiger partial charge in [0.05, 0.1) is 11.2 Å². The van der Waals surface area contributed by atoms with Crippen LogP contribution in [0.15, 0.2) is 36.5 Å². The summed E-state index contributed by atoms with van der Waals surface area (Å²) in [5.41, 5.74) is 0.947. The number of hydrogen-bond acceptors (Lipinski definition) is 5. The van der Waals surface area contributed by atoms with Crippen LogP contribution in [-0.4, -0.2) is 40.1 Å².